The third-order valence-electron chi connectivity index (χ3n) is 5.38. The van der Waals surface area contributed by atoms with Gasteiger partial charge in [-0.05, 0) is 85.3 Å². The van der Waals surface area contributed by atoms with Crippen LogP contribution in [0.15, 0.2) is 24.3 Å². The summed E-state index contributed by atoms with van der Waals surface area (Å²) in [5.74, 6) is 0.955. The van der Waals surface area contributed by atoms with E-state index in [-0.39, 0.29) is 17.1 Å². The van der Waals surface area contributed by atoms with Crippen LogP contribution >= 0.6 is 0 Å². The Labute approximate surface area is 173 Å². The minimum Gasteiger partial charge on any atom is -0.491 e. The van der Waals surface area contributed by atoms with E-state index in [1.807, 2.05) is 0 Å². The maximum absolute atomic E-state index is 6.06. The van der Waals surface area contributed by atoms with Crippen LogP contribution in [0.4, 0.5) is 0 Å². The van der Waals surface area contributed by atoms with E-state index in [4.69, 9.17) is 9.47 Å². The van der Waals surface area contributed by atoms with Crippen molar-refractivity contribution in [3.05, 3.63) is 29.8 Å². The summed E-state index contributed by atoms with van der Waals surface area (Å²) >= 11 is 0. The number of hydrogen-bond acceptors (Lipinski definition) is 4. The second-order valence-electron chi connectivity index (χ2n) is 9.79. The van der Waals surface area contributed by atoms with Crippen molar-refractivity contribution < 1.29 is 9.47 Å². The first kappa shape index (κ1) is 23.2. The van der Waals surface area contributed by atoms with Gasteiger partial charge in [-0.1, -0.05) is 19.1 Å². The fourth-order valence-corrected chi connectivity index (χ4v) is 4.79. The Morgan fingerprint density at radius 3 is 2.32 bits per heavy atom. The lowest BCUT2D eigenvalue weighted by Gasteiger charge is -2.48. The van der Waals surface area contributed by atoms with E-state index < -0.39 is 0 Å². The second kappa shape index (κ2) is 10.1. The molecule has 0 aromatic heterocycles. The highest BCUT2D eigenvalue weighted by atomic mass is 16.5. The van der Waals surface area contributed by atoms with Crippen molar-refractivity contribution in [3.63, 3.8) is 0 Å². The van der Waals surface area contributed by atoms with E-state index in [0.29, 0.717) is 0 Å². The van der Waals surface area contributed by atoms with Gasteiger partial charge in [0.05, 0.1) is 11.7 Å². The first-order valence-corrected chi connectivity index (χ1v) is 10.9. The van der Waals surface area contributed by atoms with Crippen LogP contribution in [0.5, 0.6) is 5.75 Å². The molecule has 4 nitrogen and oxygen atoms in total. The standard InChI is InChI=1S/C24H42N2O2/c1-8-14-26(16-21-9-11-22(12-10-21)28-20(2)3)19-24(18-25(6)7)13-15-27-23(4,5)17-24/h9-12,20H,8,13-19H2,1-7H3/t24-/m0/s1. The van der Waals surface area contributed by atoms with Gasteiger partial charge in [-0.2, -0.15) is 0 Å². The Morgan fingerprint density at radius 2 is 1.79 bits per heavy atom. The Kier molecular flexibility index (Phi) is 8.35. The Balaban J connectivity index is 2.12. The van der Waals surface area contributed by atoms with Crippen molar-refractivity contribution in [2.24, 2.45) is 5.41 Å². The van der Waals surface area contributed by atoms with E-state index in [9.17, 15) is 0 Å². The molecule has 1 fully saturated rings. The Bertz CT molecular complexity index is 583. The first-order chi connectivity index (χ1) is 13.1. The van der Waals surface area contributed by atoms with Gasteiger partial charge in [0.2, 0.25) is 0 Å². The van der Waals surface area contributed by atoms with Crippen molar-refractivity contribution in [1.82, 2.24) is 9.80 Å². The molecular formula is C24H42N2O2. The van der Waals surface area contributed by atoms with Crippen molar-refractivity contribution in [2.75, 3.05) is 40.3 Å². The van der Waals surface area contributed by atoms with Gasteiger partial charge in [0.15, 0.2) is 0 Å². The monoisotopic (exact) mass is 390 g/mol. The molecule has 0 unspecified atom stereocenters. The number of nitrogens with zero attached hydrogens (tertiary/aromatic N) is 2. The van der Waals surface area contributed by atoms with E-state index in [0.717, 1.165) is 51.4 Å². The summed E-state index contributed by atoms with van der Waals surface area (Å²) < 4.78 is 11.8. The van der Waals surface area contributed by atoms with Gasteiger partial charge in [-0.25, -0.2) is 0 Å². The van der Waals surface area contributed by atoms with Crippen LogP contribution in [0.1, 0.15) is 59.4 Å². The zero-order chi connectivity index (χ0) is 20.8. The molecule has 0 amide bonds. The molecule has 4 heteroatoms. The van der Waals surface area contributed by atoms with E-state index in [1.165, 1.54) is 12.0 Å². The van der Waals surface area contributed by atoms with E-state index in [2.05, 4.69) is 82.8 Å². The Morgan fingerprint density at radius 1 is 1.11 bits per heavy atom. The molecule has 1 aliphatic heterocycles. The molecule has 1 heterocycles. The van der Waals surface area contributed by atoms with Crippen LogP contribution in [-0.2, 0) is 11.3 Å². The summed E-state index contributed by atoms with van der Waals surface area (Å²) in [6.07, 6.45) is 3.63. The number of rotatable bonds is 10. The molecule has 1 aromatic rings. The molecule has 2 rings (SSSR count). The zero-order valence-electron chi connectivity index (χ0n) is 19.3. The van der Waals surface area contributed by atoms with Crippen molar-refractivity contribution in [2.45, 2.75) is 72.1 Å². The third kappa shape index (κ3) is 7.38. The van der Waals surface area contributed by atoms with Gasteiger partial charge in [-0.3, -0.25) is 4.90 Å². The van der Waals surface area contributed by atoms with Crippen LogP contribution in [0.2, 0.25) is 0 Å². The van der Waals surface area contributed by atoms with E-state index in [1.54, 1.807) is 0 Å². The minimum absolute atomic E-state index is 0.0397. The second-order valence-corrected chi connectivity index (χ2v) is 9.79. The van der Waals surface area contributed by atoms with Crippen molar-refractivity contribution in [1.29, 1.82) is 0 Å². The largest absolute Gasteiger partial charge is 0.491 e. The fourth-order valence-electron chi connectivity index (χ4n) is 4.79. The maximum Gasteiger partial charge on any atom is 0.119 e. The van der Waals surface area contributed by atoms with Gasteiger partial charge in [-0.15, -0.1) is 0 Å². The average Bonchev–Trinajstić information content (AvgIpc) is 2.54. The maximum atomic E-state index is 6.06. The molecule has 28 heavy (non-hydrogen) atoms. The highest BCUT2D eigenvalue weighted by molar-refractivity contribution is 5.27. The molecule has 1 aromatic carbocycles. The zero-order valence-corrected chi connectivity index (χ0v) is 19.3. The molecule has 0 bridgehead atoms. The smallest absolute Gasteiger partial charge is 0.119 e. The van der Waals surface area contributed by atoms with Gasteiger partial charge in [0, 0.05) is 31.7 Å². The molecule has 0 N–H and O–H groups in total. The van der Waals surface area contributed by atoms with Crippen LogP contribution in [0.25, 0.3) is 0 Å². The van der Waals surface area contributed by atoms with Crippen LogP contribution in [0.3, 0.4) is 0 Å². The van der Waals surface area contributed by atoms with Crippen molar-refractivity contribution >= 4 is 0 Å². The summed E-state index contributed by atoms with van der Waals surface area (Å²) in [4.78, 5) is 4.99. The van der Waals surface area contributed by atoms with Gasteiger partial charge in [0.25, 0.3) is 0 Å². The molecule has 0 spiro atoms. The number of benzene rings is 1. The summed E-state index contributed by atoms with van der Waals surface area (Å²) in [5, 5.41) is 0. The highest BCUT2D eigenvalue weighted by Crippen LogP contribution is 2.40. The highest BCUT2D eigenvalue weighted by Gasteiger charge is 2.42. The predicted molar refractivity (Wildman–Crippen MR) is 118 cm³/mol. The summed E-state index contributed by atoms with van der Waals surface area (Å²) in [6.45, 7) is 16.1. The summed E-state index contributed by atoms with van der Waals surface area (Å²) in [5.41, 5.74) is 1.60. The van der Waals surface area contributed by atoms with E-state index >= 15 is 0 Å². The van der Waals surface area contributed by atoms with Crippen molar-refractivity contribution in [3.8, 4) is 5.75 Å². The topological polar surface area (TPSA) is 24.9 Å². The number of hydrogen-bond donors (Lipinski definition) is 0. The number of ether oxygens (including phenoxy) is 2. The van der Waals surface area contributed by atoms with Crippen LogP contribution < -0.4 is 4.74 Å². The molecule has 0 saturated carbocycles. The quantitative estimate of drug-likeness (QED) is 0.572. The van der Waals surface area contributed by atoms with Gasteiger partial charge in [0.1, 0.15) is 5.75 Å². The molecule has 1 aliphatic rings. The third-order valence-corrected chi connectivity index (χ3v) is 5.38. The molecule has 0 radical (unpaired) electrons. The molecular weight excluding hydrogens is 348 g/mol. The Hall–Kier alpha value is -1.10. The van der Waals surface area contributed by atoms with Gasteiger partial charge >= 0.3 is 0 Å². The summed E-state index contributed by atoms with van der Waals surface area (Å²) in [6, 6.07) is 8.64. The minimum atomic E-state index is -0.0397. The molecule has 0 aliphatic carbocycles. The average molecular weight is 391 g/mol. The lowest BCUT2D eigenvalue weighted by atomic mass is 9.73. The SMILES string of the molecule is CCCN(Cc1ccc(OC(C)C)cc1)C[C@@]1(CN(C)C)CCOC(C)(C)C1. The summed E-state index contributed by atoms with van der Waals surface area (Å²) in [7, 11) is 4.39. The van der Waals surface area contributed by atoms with Gasteiger partial charge < -0.3 is 14.4 Å². The fraction of sp³-hybridized carbons (Fsp3) is 0.750. The van der Waals surface area contributed by atoms with Crippen LogP contribution in [0, 0.1) is 5.41 Å². The lowest BCUT2D eigenvalue weighted by Crippen LogP contribution is -2.51. The predicted octanol–water partition coefficient (Wildman–Crippen LogP) is 4.82. The van der Waals surface area contributed by atoms with Crippen LogP contribution in [-0.4, -0.2) is 61.8 Å². The molecule has 1 atom stereocenters. The molecule has 1 saturated heterocycles. The normalized spacial score (nSPS) is 22.2. The first-order valence-electron chi connectivity index (χ1n) is 10.9. The lowest BCUT2D eigenvalue weighted by molar-refractivity contribution is -0.117. The molecule has 160 valence electrons.